The fourth-order valence-corrected chi connectivity index (χ4v) is 2.48. The molecule has 4 nitrogen and oxygen atoms in total. The highest BCUT2D eigenvalue weighted by atomic mass is 32.1. The molecule has 0 amide bonds. The summed E-state index contributed by atoms with van der Waals surface area (Å²) in [5, 5.41) is 6.19. The maximum absolute atomic E-state index is 11.9. The van der Waals surface area contributed by atoms with Gasteiger partial charge in [-0.05, 0) is 12.5 Å². The molecule has 0 aliphatic heterocycles. The van der Waals surface area contributed by atoms with Crippen molar-refractivity contribution < 1.29 is 9.53 Å². The minimum atomic E-state index is -0.472. The summed E-state index contributed by atoms with van der Waals surface area (Å²) in [5.41, 5.74) is 0.754. The first kappa shape index (κ1) is 16.1. The number of esters is 1. The number of nitrogens with zero attached hydrogens (tertiary/aromatic N) is 1. The zero-order valence-corrected chi connectivity index (χ0v) is 13.4. The third-order valence-electron chi connectivity index (χ3n) is 2.63. The lowest BCUT2D eigenvalue weighted by Gasteiger charge is -2.17. The highest BCUT2D eigenvalue weighted by molar-refractivity contribution is 7.09. The van der Waals surface area contributed by atoms with Crippen LogP contribution in [0, 0.1) is 5.92 Å². The Morgan fingerprint density at radius 1 is 1.47 bits per heavy atom. The predicted molar refractivity (Wildman–Crippen MR) is 78.4 cm³/mol. The van der Waals surface area contributed by atoms with Crippen molar-refractivity contribution in [2.75, 3.05) is 13.7 Å². The van der Waals surface area contributed by atoms with Crippen molar-refractivity contribution in [3.63, 3.8) is 0 Å². The van der Waals surface area contributed by atoms with Crippen LogP contribution in [0.15, 0.2) is 5.38 Å². The van der Waals surface area contributed by atoms with E-state index in [2.05, 4.69) is 44.9 Å². The summed E-state index contributed by atoms with van der Waals surface area (Å²) in [6, 6.07) is -0.472. The number of aromatic nitrogens is 1. The molecule has 0 aliphatic carbocycles. The van der Waals surface area contributed by atoms with E-state index in [-0.39, 0.29) is 11.4 Å². The maximum atomic E-state index is 11.9. The summed E-state index contributed by atoms with van der Waals surface area (Å²) in [6.07, 6.45) is 0. The first-order valence-corrected chi connectivity index (χ1v) is 7.40. The van der Waals surface area contributed by atoms with Crippen LogP contribution in [0.3, 0.4) is 0 Å². The number of carbonyl (C=O) groups excluding carboxylic acids is 1. The first-order chi connectivity index (χ1) is 8.75. The van der Waals surface area contributed by atoms with E-state index >= 15 is 0 Å². The number of rotatable bonds is 5. The van der Waals surface area contributed by atoms with E-state index < -0.39 is 6.04 Å². The Morgan fingerprint density at radius 2 is 2.11 bits per heavy atom. The maximum Gasteiger partial charge on any atom is 0.329 e. The molecule has 19 heavy (non-hydrogen) atoms. The minimum absolute atomic E-state index is 0.00162. The molecule has 0 radical (unpaired) electrons. The van der Waals surface area contributed by atoms with Crippen molar-refractivity contribution in [1.82, 2.24) is 10.3 Å². The highest BCUT2D eigenvalue weighted by Crippen LogP contribution is 2.28. The largest absolute Gasteiger partial charge is 0.468 e. The molecule has 1 aromatic heterocycles. The zero-order chi connectivity index (χ0) is 14.6. The molecule has 0 aliphatic rings. The molecule has 0 saturated heterocycles. The second kappa shape index (κ2) is 6.48. The summed E-state index contributed by atoms with van der Waals surface area (Å²) >= 11 is 1.59. The number of thiazole rings is 1. The molecule has 0 aromatic carbocycles. The summed E-state index contributed by atoms with van der Waals surface area (Å²) in [6.45, 7) is 11.3. The van der Waals surface area contributed by atoms with Gasteiger partial charge in [0.1, 0.15) is 6.04 Å². The third kappa shape index (κ3) is 4.58. The van der Waals surface area contributed by atoms with E-state index in [1.54, 1.807) is 11.3 Å². The summed E-state index contributed by atoms with van der Waals surface area (Å²) in [4.78, 5) is 16.4. The van der Waals surface area contributed by atoms with Crippen LogP contribution in [-0.2, 0) is 14.9 Å². The van der Waals surface area contributed by atoms with E-state index in [9.17, 15) is 4.79 Å². The zero-order valence-electron chi connectivity index (χ0n) is 12.6. The summed E-state index contributed by atoms with van der Waals surface area (Å²) < 4.78 is 4.86. The van der Waals surface area contributed by atoms with Crippen LogP contribution in [-0.4, -0.2) is 24.6 Å². The van der Waals surface area contributed by atoms with Gasteiger partial charge in [-0.25, -0.2) is 9.78 Å². The molecule has 5 heteroatoms. The molecule has 1 rings (SSSR count). The average Bonchev–Trinajstić information content (AvgIpc) is 2.77. The van der Waals surface area contributed by atoms with E-state index in [4.69, 9.17) is 4.74 Å². The van der Waals surface area contributed by atoms with E-state index in [0.717, 1.165) is 17.2 Å². The first-order valence-electron chi connectivity index (χ1n) is 6.52. The highest BCUT2D eigenvalue weighted by Gasteiger charge is 2.26. The van der Waals surface area contributed by atoms with Crippen LogP contribution in [0.4, 0.5) is 0 Å². The Balaban J connectivity index is 2.91. The molecule has 0 spiro atoms. The third-order valence-corrected chi connectivity index (χ3v) is 3.91. The lowest BCUT2D eigenvalue weighted by Crippen LogP contribution is -2.32. The van der Waals surface area contributed by atoms with Gasteiger partial charge in [-0.2, -0.15) is 0 Å². The molecule has 1 unspecified atom stereocenters. The van der Waals surface area contributed by atoms with Crippen molar-refractivity contribution in [1.29, 1.82) is 0 Å². The fraction of sp³-hybridized carbons (Fsp3) is 0.714. The quantitative estimate of drug-likeness (QED) is 0.845. The van der Waals surface area contributed by atoms with Crippen LogP contribution in [0.5, 0.6) is 0 Å². The van der Waals surface area contributed by atoms with E-state index in [1.165, 1.54) is 7.11 Å². The van der Waals surface area contributed by atoms with Crippen molar-refractivity contribution in [2.45, 2.75) is 46.1 Å². The van der Waals surface area contributed by atoms with Gasteiger partial charge in [-0.3, -0.25) is 5.32 Å². The van der Waals surface area contributed by atoms with Gasteiger partial charge in [0.2, 0.25) is 0 Å². The monoisotopic (exact) mass is 284 g/mol. The Bertz CT molecular complexity index is 421. The molecule has 108 valence electrons. The van der Waals surface area contributed by atoms with Gasteiger partial charge in [-0.15, -0.1) is 11.3 Å². The van der Waals surface area contributed by atoms with Gasteiger partial charge in [0.25, 0.3) is 0 Å². The van der Waals surface area contributed by atoms with Crippen LogP contribution >= 0.6 is 11.3 Å². The number of hydrogen-bond donors (Lipinski definition) is 1. The molecule has 1 heterocycles. The molecular formula is C14H24N2O2S. The van der Waals surface area contributed by atoms with Gasteiger partial charge in [0.15, 0.2) is 0 Å². The smallest absolute Gasteiger partial charge is 0.329 e. The van der Waals surface area contributed by atoms with Crippen molar-refractivity contribution in [3.05, 3.63) is 16.1 Å². The van der Waals surface area contributed by atoms with Crippen molar-refractivity contribution >= 4 is 17.3 Å². The van der Waals surface area contributed by atoms with Crippen LogP contribution in [0.2, 0.25) is 0 Å². The van der Waals surface area contributed by atoms with Crippen LogP contribution in [0.1, 0.15) is 51.4 Å². The number of hydrogen-bond acceptors (Lipinski definition) is 5. The SMILES string of the molecule is COC(=O)C(NCC(C)C)c1csc(C(C)(C)C)n1. The van der Waals surface area contributed by atoms with Crippen molar-refractivity contribution in [2.24, 2.45) is 5.92 Å². The Hall–Kier alpha value is -0.940. The van der Waals surface area contributed by atoms with Gasteiger partial charge >= 0.3 is 5.97 Å². The van der Waals surface area contributed by atoms with Gasteiger partial charge < -0.3 is 4.74 Å². The van der Waals surface area contributed by atoms with Gasteiger partial charge in [-0.1, -0.05) is 34.6 Å². The Morgan fingerprint density at radius 3 is 2.53 bits per heavy atom. The minimum Gasteiger partial charge on any atom is -0.468 e. The number of carbonyl (C=O) groups is 1. The fourth-order valence-electron chi connectivity index (χ4n) is 1.54. The van der Waals surface area contributed by atoms with E-state index in [0.29, 0.717) is 5.92 Å². The van der Waals surface area contributed by atoms with Gasteiger partial charge in [0.05, 0.1) is 17.8 Å². The normalized spacial score (nSPS) is 13.6. The topological polar surface area (TPSA) is 51.2 Å². The Kier molecular flexibility index (Phi) is 5.50. The molecule has 0 bridgehead atoms. The number of methoxy groups -OCH3 is 1. The second-order valence-electron chi connectivity index (χ2n) is 6.09. The summed E-state index contributed by atoms with van der Waals surface area (Å²) in [7, 11) is 1.41. The summed E-state index contributed by atoms with van der Waals surface area (Å²) in [5.74, 6) is 0.180. The molecule has 0 fully saturated rings. The lowest BCUT2D eigenvalue weighted by atomic mass is 9.98. The average molecular weight is 284 g/mol. The number of ether oxygens (including phenoxy) is 1. The molecular weight excluding hydrogens is 260 g/mol. The van der Waals surface area contributed by atoms with Crippen molar-refractivity contribution in [3.8, 4) is 0 Å². The number of nitrogens with one attached hydrogen (secondary N) is 1. The molecule has 1 atom stereocenters. The van der Waals surface area contributed by atoms with Crippen LogP contribution < -0.4 is 5.32 Å². The van der Waals surface area contributed by atoms with E-state index in [1.807, 2.05) is 5.38 Å². The van der Waals surface area contributed by atoms with Gasteiger partial charge in [0, 0.05) is 10.8 Å². The standard InChI is InChI=1S/C14H24N2O2S/c1-9(2)7-15-11(12(17)18-6)10-8-19-13(16-10)14(3,4)5/h8-9,11,15H,7H2,1-6H3. The Labute approximate surface area is 119 Å². The molecule has 1 aromatic rings. The second-order valence-corrected chi connectivity index (χ2v) is 6.94. The lowest BCUT2D eigenvalue weighted by molar-refractivity contribution is -0.143. The molecule has 0 saturated carbocycles. The van der Waals surface area contributed by atoms with Crippen LogP contribution in [0.25, 0.3) is 0 Å². The predicted octanol–water partition coefficient (Wildman–Crippen LogP) is 2.90. The molecule has 1 N–H and O–H groups in total.